The number of carbonyl (C=O) groups excluding carboxylic acids is 3. The number of methoxy groups -OCH3 is 1. The summed E-state index contributed by atoms with van der Waals surface area (Å²) in [5, 5.41) is 0.464. The van der Waals surface area contributed by atoms with Crippen LogP contribution in [-0.4, -0.2) is 35.9 Å². The van der Waals surface area contributed by atoms with Gasteiger partial charge in [0.15, 0.2) is 5.12 Å². The van der Waals surface area contributed by atoms with E-state index in [9.17, 15) is 14.4 Å². The molecule has 1 aromatic carbocycles. The van der Waals surface area contributed by atoms with Crippen molar-refractivity contribution >= 4 is 46.0 Å². The lowest BCUT2D eigenvalue weighted by Crippen LogP contribution is -2.45. The van der Waals surface area contributed by atoms with Crippen molar-refractivity contribution < 1.29 is 19.1 Å². The lowest BCUT2D eigenvalue weighted by atomic mass is 10.1. The molecule has 0 aliphatic rings. The van der Waals surface area contributed by atoms with E-state index >= 15 is 0 Å². The molecular formula is C18H24ClNO4S. The summed E-state index contributed by atoms with van der Waals surface area (Å²) in [6, 6.07) is 2.72. The van der Waals surface area contributed by atoms with Gasteiger partial charge < -0.3 is 4.74 Å². The number of esters is 1. The van der Waals surface area contributed by atoms with Crippen LogP contribution in [0.15, 0.2) is 12.1 Å². The largest absolute Gasteiger partial charge is 0.467 e. The summed E-state index contributed by atoms with van der Waals surface area (Å²) >= 11 is 7.18. The molecule has 0 aromatic heterocycles. The van der Waals surface area contributed by atoms with E-state index in [1.54, 1.807) is 26.0 Å². The molecule has 1 rings (SSSR count). The zero-order valence-corrected chi connectivity index (χ0v) is 16.8. The number of ether oxygens (including phenoxy) is 1. The van der Waals surface area contributed by atoms with E-state index in [4.69, 9.17) is 16.3 Å². The fraction of sp³-hybridized carbons (Fsp3) is 0.500. The number of hydrogen-bond acceptors (Lipinski definition) is 5. The van der Waals surface area contributed by atoms with Crippen molar-refractivity contribution in [1.29, 1.82) is 0 Å². The standard InChI is InChI=1S/C18H24ClNO4S/c1-6-7-16(22)25-10-15(21)20(13(4)18(23)24-5)17-11(2)8-9-14(19)12(17)3/h8-9,13H,6-7,10H2,1-5H3. The SMILES string of the molecule is CCCC(=O)SCC(=O)N(c1c(C)ccc(Cl)c1C)C(C)C(=O)OC. The molecular weight excluding hydrogens is 362 g/mol. The third kappa shape index (κ3) is 5.47. The molecule has 0 spiro atoms. The van der Waals surface area contributed by atoms with Crippen LogP contribution in [0.4, 0.5) is 5.69 Å². The van der Waals surface area contributed by atoms with Crippen molar-refractivity contribution in [1.82, 2.24) is 0 Å². The fourth-order valence-corrected chi connectivity index (χ4v) is 3.40. The maximum absolute atomic E-state index is 12.8. The molecule has 1 amide bonds. The van der Waals surface area contributed by atoms with Crippen LogP contribution in [0, 0.1) is 13.8 Å². The van der Waals surface area contributed by atoms with Gasteiger partial charge in [0, 0.05) is 11.4 Å². The highest BCUT2D eigenvalue weighted by atomic mass is 35.5. The van der Waals surface area contributed by atoms with E-state index in [0.717, 1.165) is 23.7 Å². The van der Waals surface area contributed by atoms with E-state index in [2.05, 4.69) is 0 Å². The summed E-state index contributed by atoms with van der Waals surface area (Å²) in [5.41, 5.74) is 2.10. The Hall–Kier alpha value is -1.53. The van der Waals surface area contributed by atoms with Crippen LogP contribution in [-0.2, 0) is 19.1 Å². The van der Waals surface area contributed by atoms with Crippen molar-refractivity contribution in [3.05, 3.63) is 28.3 Å². The highest BCUT2D eigenvalue weighted by Gasteiger charge is 2.31. The third-order valence-electron chi connectivity index (χ3n) is 3.82. The molecule has 0 heterocycles. The minimum atomic E-state index is -0.824. The van der Waals surface area contributed by atoms with Crippen LogP contribution in [0.2, 0.25) is 5.02 Å². The third-order valence-corrected chi connectivity index (χ3v) is 5.14. The molecule has 25 heavy (non-hydrogen) atoms. The molecule has 5 nitrogen and oxygen atoms in total. The van der Waals surface area contributed by atoms with Crippen molar-refractivity contribution in [2.75, 3.05) is 17.8 Å². The second-order valence-corrected chi connectivity index (χ2v) is 7.15. The summed E-state index contributed by atoms with van der Waals surface area (Å²) < 4.78 is 4.80. The summed E-state index contributed by atoms with van der Waals surface area (Å²) in [6.07, 6.45) is 1.15. The minimum Gasteiger partial charge on any atom is -0.467 e. The zero-order valence-electron chi connectivity index (χ0n) is 15.2. The summed E-state index contributed by atoms with van der Waals surface area (Å²) in [6.45, 7) is 7.15. The fourth-order valence-electron chi connectivity index (χ4n) is 2.48. The predicted molar refractivity (Wildman–Crippen MR) is 102 cm³/mol. The second kappa shape index (κ2) is 9.82. The Morgan fingerprint density at radius 3 is 2.48 bits per heavy atom. The van der Waals surface area contributed by atoms with Crippen molar-refractivity contribution in [2.45, 2.75) is 46.6 Å². The molecule has 1 aromatic rings. The number of benzene rings is 1. The Labute approximate surface area is 158 Å². The topological polar surface area (TPSA) is 63.7 Å². The normalized spacial score (nSPS) is 11.8. The highest BCUT2D eigenvalue weighted by molar-refractivity contribution is 8.14. The number of halogens is 1. The molecule has 1 unspecified atom stereocenters. The number of amides is 1. The van der Waals surface area contributed by atoms with E-state index in [1.165, 1.54) is 12.0 Å². The van der Waals surface area contributed by atoms with Crippen molar-refractivity contribution in [3.8, 4) is 0 Å². The molecule has 0 bridgehead atoms. The van der Waals surface area contributed by atoms with Crippen molar-refractivity contribution in [2.24, 2.45) is 0 Å². The number of thioether (sulfide) groups is 1. The van der Waals surface area contributed by atoms with Gasteiger partial charge in [0.2, 0.25) is 5.91 Å². The number of hydrogen-bond donors (Lipinski definition) is 0. The van der Waals surface area contributed by atoms with Gasteiger partial charge in [0.05, 0.1) is 18.6 Å². The number of carbonyl (C=O) groups is 3. The van der Waals surface area contributed by atoms with Crippen LogP contribution in [0.25, 0.3) is 0 Å². The Kier molecular flexibility index (Phi) is 8.45. The van der Waals surface area contributed by atoms with E-state index < -0.39 is 12.0 Å². The lowest BCUT2D eigenvalue weighted by Gasteiger charge is -2.30. The van der Waals surface area contributed by atoms with Gasteiger partial charge in [-0.3, -0.25) is 14.5 Å². The summed E-state index contributed by atoms with van der Waals surface area (Å²) in [4.78, 5) is 38.0. The zero-order chi connectivity index (χ0) is 19.1. The first kappa shape index (κ1) is 21.5. The van der Waals surface area contributed by atoms with Crippen LogP contribution < -0.4 is 4.90 Å². The van der Waals surface area contributed by atoms with E-state index in [-0.39, 0.29) is 16.8 Å². The Morgan fingerprint density at radius 2 is 1.92 bits per heavy atom. The first-order valence-corrected chi connectivity index (χ1v) is 9.42. The molecule has 7 heteroatoms. The number of anilines is 1. The van der Waals surface area contributed by atoms with Crippen LogP contribution in [0.5, 0.6) is 0 Å². The number of aryl methyl sites for hydroxylation is 1. The monoisotopic (exact) mass is 385 g/mol. The van der Waals surface area contributed by atoms with Crippen LogP contribution >= 0.6 is 23.4 Å². The van der Waals surface area contributed by atoms with Crippen LogP contribution in [0.3, 0.4) is 0 Å². The molecule has 0 saturated heterocycles. The second-order valence-electron chi connectivity index (χ2n) is 5.71. The van der Waals surface area contributed by atoms with Crippen molar-refractivity contribution in [3.63, 3.8) is 0 Å². The van der Waals surface area contributed by atoms with Gasteiger partial charge in [0.1, 0.15) is 6.04 Å². The minimum absolute atomic E-state index is 0.0361. The maximum atomic E-state index is 12.8. The average Bonchev–Trinajstić information content (AvgIpc) is 2.59. The molecule has 0 aliphatic heterocycles. The lowest BCUT2D eigenvalue weighted by molar-refractivity contribution is -0.142. The average molecular weight is 386 g/mol. The first-order valence-electron chi connectivity index (χ1n) is 8.05. The summed E-state index contributed by atoms with van der Waals surface area (Å²) in [7, 11) is 1.28. The van der Waals surface area contributed by atoms with Gasteiger partial charge in [-0.25, -0.2) is 4.79 Å². The van der Waals surface area contributed by atoms with Gasteiger partial charge in [-0.15, -0.1) is 0 Å². The molecule has 0 radical (unpaired) electrons. The van der Waals surface area contributed by atoms with Gasteiger partial charge in [-0.1, -0.05) is 36.4 Å². The maximum Gasteiger partial charge on any atom is 0.328 e. The Balaban J connectivity index is 3.23. The molecule has 1 atom stereocenters. The Bertz CT molecular complexity index is 663. The molecule has 0 N–H and O–H groups in total. The molecule has 0 fully saturated rings. The van der Waals surface area contributed by atoms with Gasteiger partial charge in [-0.05, 0) is 44.4 Å². The molecule has 138 valence electrons. The van der Waals surface area contributed by atoms with Gasteiger partial charge in [0.25, 0.3) is 0 Å². The Morgan fingerprint density at radius 1 is 1.28 bits per heavy atom. The molecule has 0 aliphatic carbocycles. The summed E-state index contributed by atoms with van der Waals surface area (Å²) in [5.74, 6) is -0.899. The highest BCUT2D eigenvalue weighted by Crippen LogP contribution is 2.32. The number of nitrogens with zero attached hydrogens (tertiary/aromatic N) is 1. The van der Waals surface area contributed by atoms with E-state index in [0.29, 0.717) is 22.7 Å². The van der Waals surface area contributed by atoms with Crippen LogP contribution in [0.1, 0.15) is 37.8 Å². The van der Waals surface area contributed by atoms with Gasteiger partial charge >= 0.3 is 5.97 Å². The van der Waals surface area contributed by atoms with Gasteiger partial charge in [-0.2, -0.15) is 0 Å². The molecule has 0 saturated carbocycles. The first-order chi connectivity index (χ1) is 11.7. The quantitative estimate of drug-likeness (QED) is 0.666. The predicted octanol–water partition coefficient (Wildman–Crippen LogP) is 3.91. The smallest absolute Gasteiger partial charge is 0.328 e. The number of rotatable bonds is 7. The van der Waals surface area contributed by atoms with E-state index in [1.807, 2.05) is 13.8 Å².